The predicted molar refractivity (Wildman–Crippen MR) is 124 cm³/mol. The van der Waals surface area contributed by atoms with Crippen LogP contribution in [0, 0.1) is 12.7 Å². The van der Waals surface area contributed by atoms with Crippen LogP contribution < -0.4 is 0 Å². The predicted octanol–water partition coefficient (Wildman–Crippen LogP) is 4.69. The summed E-state index contributed by atoms with van der Waals surface area (Å²) in [4.78, 5) is 22.5. The molecule has 0 unspecified atom stereocenters. The van der Waals surface area contributed by atoms with E-state index >= 15 is 0 Å². The van der Waals surface area contributed by atoms with Crippen molar-refractivity contribution in [1.29, 1.82) is 0 Å². The number of hydrogen-bond acceptors (Lipinski definition) is 5. The SMILES string of the molecule is Cc1noc2nc(-c3ccc(F)cc3)cc(C(=O)N3CCCN(Cc4ccccc4)CC3)c12. The van der Waals surface area contributed by atoms with Crippen molar-refractivity contribution in [3.63, 3.8) is 0 Å². The summed E-state index contributed by atoms with van der Waals surface area (Å²) in [6.45, 7) is 5.77. The van der Waals surface area contributed by atoms with Crippen LogP contribution in [0.25, 0.3) is 22.4 Å². The highest BCUT2D eigenvalue weighted by atomic mass is 19.1. The average molecular weight is 445 g/mol. The van der Waals surface area contributed by atoms with Crippen LogP contribution in [0.15, 0.2) is 65.2 Å². The number of amides is 1. The molecule has 1 saturated heterocycles. The summed E-state index contributed by atoms with van der Waals surface area (Å²) < 4.78 is 18.8. The minimum absolute atomic E-state index is 0.0568. The van der Waals surface area contributed by atoms with Gasteiger partial charge in [0.15, 0.2) is 0 Å². The minimum Gasteiger partial charge on any atom is -0.337 e. The smallest absolute Gasteiger partial charge is 0.259 e. The third-order valence-corrected chi connectivity index (χ3v) is 6.11. The molecule has 6 nitrogen and oxygen atoms in total. The van der Waals surface area contributed by atoms with E-state index in [1.54, 1.807) is 18.2 Å². The van der Waals surface area contributed by atoms with Gasteiger partial charge in [0.1, 0.15) is 5.82 Å². The molecule has 0 aliphatic carbocycles. The van der Waals surface area contributed by atoms with Crippen molar-refractivity contribution in [3.8, 4) is 11.3 Å². The second-order valence-corrected chi connectivity index (χ2v) is 8.42. The summed E-state index contributed by atoms with van der Waals surface area (Å²) in [6, 6.07) is 18.2. The molecule has 1 aliphatic heterocycles. The molecule has 7 heteroatoms. The van der Waals surface area contributed by atoms with Crippen LogP contribution >= 0.6 is 0 Å². The maximum Gasteiger partial charge on any atom is 0.259 e. The summed E-state index contributed by atoms with van der Waals surface area (Å²) in [5.74, 6) is -0.380. The number of aryl methyl sites for hydroxylation is 1. The largest absolute Gasteiger partial charge is 0.337 e. The Morgan fingerprint density at radius 2 is 1.82 bits per heavy atom. The molecule has 1 aliphatic rings. The summed E-state index contributed by atoms with van der Waals surface area (Å²) in [6.07, 6.45) is 0.903. The lowest BCUT2D eigenvalue weighted by atomic mass is 10.0. The average Bonchev–Trinajstić information content (AvgIpc) is 3.06. The van der Waals surface area contributed by atoms with E-state index in [0.29, 0.717) is 46.7 Å². The number of carbonyl (C=O) groups excluding carboxylic acids is 1. The molecular weight excluding hydrogens is 419 g/mol. The molecular formula is C26H25FN4O2. The van der Waals surface area contributed by atoms with E-state index in [0.717, 1.165) is 26.1 Å². The van der Waals surface area contributed by atoms with Crippen LogP contribution in [-0.4, -0.2) is 52.0 Å². The van der Waals surface area contributed by atoms with Gasteiger partial charge in [-0.05, 0) is 49.2 Å². The molecule has 4 aromatic rings. The van der Waals surface area contributed by atoms with Crippen molar-refractivity contribution in [2.45, 2.75) is 19.9 Å². The Morgan fingerprint density at radius 1 is 1.03 bits per heavy atom. The second kappa shape index (κ2) is 9.11. The Hall–Kier alpha value is -3.58. The highest BCUT2D eigenvalue weighted by molar-refractivity contribution is 6.07. The van der Waals surface area contributed by atoms with Gasteiger partial charge < -0.3 is 9.42 Å². The lowest BCUT2D eigenvalue weighted by Gasteiger charge is -2.22. The molecule has 168 valence electrons. The topological polar surface area (TPSA) is 62.5 Å². The Morgan fingerprint density at radius 3 is 2.61 bits per heavy atom. The molecule has 33 heavy (non-hydrogen) atoms. The van der Waals surface area contributed by atoms with Crippen LogP contribution in [0.3, 0.4) is 0 Å². The van der Waals surface area contributed by atoms with Gasteiger partial charge in [0.25, 0.3) is 11.6 Å². The molecule has 2 aromatic carbocycles. The molecule has 0 spiro atoms. The third kappa shape index (κ3) is 4.50. The van der Waals surface area contributed by atoms with E-state index < -0.39 is 0 Å². The fourth-order valence-electron chi connectivity index (χ4n) is 4.38. The quantitative estimate of drug-likeness (QED) is 0.457. The Kier molecular flexibility index (Phi) is 5.88. The van der Waals surface area contributed by atoms with Crippen molar-refractivity contribution in [2.24, 2.45) is 0 Å². The van der Waals surface area contributed by atoms with Crippen LogP contribution in [0.2, 0.25) is 0 Å². The van der Waals surface area contributed by atoms with Gasteiger partial charge >= 0.3 is 0 Å². The molecule has 5 rings (SSSR count). The van der Waals surface area contributed by atoms with Gasteiger partial charge in [-0.15, -0.1) is 0 Å². The standard InChI is InChI=1S/C26H25FN4O2/c1-18-24-22(16-23(28-25(24)33-29-18)20-8-10-21(27)11-9-20)26(32)31-13-5-12-30(14-15-31)17-19-6-3-2-4-7-19/h2-4,6-11,16H,5,12-15,17H2,1H3. The van der Waals surface area contributed by atoms with Gasteiger partial charge in [0.2, 0.25) is 0 Å². The highest BCUT2D eigenvalue weighted by Crippen LogP contribution is 2.28. The van der Waals surface area contributed by atoms with Crippen LogP contribution in [-0.2, 0) is 6.54 Å². The molecule has 3 heterocycles. The number of nitrogens with zero attached hydrogens (tertiary/aromatic N) is 4. The molecule has 2 aromatic heterocycles. The van der Waals surface area contributed by atoms with Crippen molar-refractivity contribution in [2.75, 3.05) is 26.2 Å². The molecule has 1 amide bonds. The first-order chi connectivity index (χ1) is 16.1. The first-order valence-electron chi connectivity index (χ1n) is 11.2. The molecule has 0 N–H and O–H groups in total. The summed E-state index contributed by atoms with van der Waals surface area (Å²) in [5.41, 5.74) is 4.02. The first kappa shape index (κ1) is 21.3. The van der Waals surface area contributed by atoms with Crippen molar-refractivity contribution < 1.29 is 13.7 Å². The number of carbonyl (C=O) groups is 1. The maximum absolute atomic E-state index is 13.7. The van der Waals surface area contributed by atoms with E-state index in [1.165, 1.54) is 17.7 Å². The van der Waals surface area contributed by atoms with Crippen molar-refractivity contribution in [1.82, 2.24) is 19.9 Å². The van der Waals surface area contributed by atoms with Gasteiger partial charge in [-0.2, -0.15) is 0 Å². The maximum atomic E-state index is 13.7. The van der Waals surface area contributed by atoms with Crippen LogP contribution in [0.1, 0.15) is 28.0 Å². The second-order valence-electron chi connectivity index (χ2n) is 8.42. The van der Waals surface area contributed by atoms with Gasteiger partial charge in [-0.3, -0.25) is 9.69 Å². The van der Waals surface area contributed by atoms with Gasteiger partial charge in [0, 0.05) is 38.3 Å². The van der Waals surface area contributed by atoms with Crippen LogP contribution in [0.5, 0.6) is 0 Å². The van der Waals surface area contributed by atoms with Crippen molar-refractivity contribution in [3.05, 3.63) is 83.3 Å². The zero-order valence-electron chi connectivity index (χ0n) is 18.5. The Balaban J connectivity index is 1.41. The van der Waals surface area contributed by atoms with Gasteiger partial charge in [0.05, 0.1) is 22.3 Å². The molecule has 1 fully saturated rings. The number of rotatable bonds is 4. The van der Waals surface area contributed by atoms with Crippen LogP contribution in [0.4, 0.5) is 4.39 Å². The Labute approximate surface area is 191 Å². The van der Waals surface area contributed by atoms with Gasteiger partial charge in [-0.25, -0.2) is 9.37 Å². The number of benzene rings is 2. The van der Waals surface area contributed by atoms with Gasteiger partial charge in [-0.1, -0.05) is 35.5 Å². The third-order valence-electron chi connectivity index (χ3n) is 6.11. The Bertz CT molecular complexity index is 1270. The van der Waals surface area contributed by atoms with E-state index in [2.05, 4.69) is 39.3 Å². The van der Waals surface area contributed by atoms with E-state index in [9.17, 15) is 9.18 Å². The fourth-order valence-corrected chi connectivity index (χ4v) is 4.38. The lowest BCUT2D eigenvalue weighted by molar-refractivity contribution is 0.0763. The highest BCUT2D eigenvalue weighted by Gasteiger charge is 2.25. The first-order valence-corrected chi connectivity index (χ1v) is 11.2. The molecule has 0 atom stereocenters. The molecule has 0 radical (unpaired) electrons. The zero-order chi connectivity index (χ0) is 22.8. The fraction of sp³-hybridized carbons (Fsp3) is 0.269. The molecule has 0 bridgehead atoms. The number of hydrogen-bond donors (Lipinski definition) is 0. The lowest BCUT2D eigenvalue weighted by Crippen LogP contribution is -2.35. The molecule has 0 saturated carbocycles. The number of fused-ring (bicyclic) bond motifs is 1. The summed E-state index contributed by atoms with van der Waals surface area (Å²) in [7, 11) is 0. The number of aromatic nitrogens is 2. The zero-order valence-corrected chi connectivity index (χ0v) is 18.5. The number of halogens is 1. The van der Waals surface area contributed by atoms with Crippen molar-refractivity contribution >= 4 is 17.0 Å². The van der Waals surface area contributed by atoms with E-state index in [1.807, 2.05) is 17.9 Å². The summed E-state index contributed by atoms with van der Waals surface area (Å²) in [5, 5.41) is 4.67. The van der Waals surface area contributed by atoms with E-state index in [-0.39, 0.29) is 11.7 Å². The van der Waals surface area contributed by atoms with E-state index in [4.69, 9.17) is 4.52 Å². The summed E-state index contributed by atoms with van der Waals surface area (Å²) >= 11 is 0. The monoisotopic (exact) mass is 444 g/mol. The minimum atomic E-state index is -0.323. The normalized spacial score (nSPS) is 15.0. The number of pyridine rings is 1.